The average Bonchev–Trinajstić information content (AvgIpc) is 2.42. The van der Waals surface area contributed by atoms with Gasteiger partial charge >= 0.3 is 0 Å². The highest BCUT2D eigenvalue weighted by molar-refractivity contribution is 5.43. The second-order valence-corrected chi connectivity index (χ2v) is 5.48. The topological polar surface area (TPSA) is 35.2 Å². The van der Waals surface area contributed by atoms with E-state index >= 15 is 0 Å². The third-order valence-electron chi connectivity index (χ3n) is 4.21. The molecule has 0 heterocycles. The summed E-state index contributed by atoms with van der Waals surface area (Å²) in [6.45, 7) is 5.64. The highest BCUT2D eigenvalue weighted by Gasteiger charge is 2.34. The molecule has 1 aromatic carbocycles. The molecule has 0 saturated heterocycles. The molecule has 2 heteroatoms. The maximum Gasteiger partial charge on any atom is 0.123 e. The van der Waals surface area contributed by atoms with Crippen molar-refractivity contribution < 1.29 is 4.74 Å². The molecule has 0 aliphatic heterocycles. The first-order chi connectivity index (χ1) is 8.72. The largest absolute Gasteiger partial charge is 0.494 e. The molecule has 2 nitrogen and oxygen atoms in total. The predicted octanol–water partition coefficient (Wildman–Crippen LogP) is 3.55. The predicted molar refractivity (Wildman–Crippen MR) is 76.2 cm³/mol. The van der Waals surface area contributed by atoms with Crippen molar-refractivity contribution >= 4 is 0 Å². The van der Waals surface area contributed by atoms with E-state index < -0.39 is 0 Å². The minimum absolute atomic E-state index is 0.148. The Kier molecular flexibility index (Phi) is 4.28. The van der Waals surface area contributed by atoms with Gasteiger partial charge in [0.1, 0.15) is 5.75 Å². The van der Waals surface area contributed by atoms with Crippen molar-refractivity contribution in [3.8, 4) is 5.75 Å². The summed E-state index contributed by atoms with van der Waals surface area (Å²) in [6, 6.07) is 6.52. The first kappa shape index (κ1) is 13.4. The summed E-state index contributed by atoms with van der Waals surface area (Å²) < 4.78 is 5.82. The smallest absolute Gasteiger partial charge is 0.123 e. The Labute approximate surface area is 111 Å². The van der Waals surface area contributed by atoms with E-state index in [0.717, 1.165) is 18.9 Å². The van der Waals surface area contributed by atoms with Crippen LogP contribution < -0.4 is 10.5 Å². The number of rotatable bonds is 4. The SMILES string of the molecule is CCOc1ccc(C)cc1C1(CN)CCCCC1. The van der Waals surface area contributed by atoms with Gasteiger partial charge in [0.25, 0.3) is 0 Å². The lowest BCUT2D eigenvalue weighted by Gasteiger charge is -2.38. The van der Waals surface area contributed by atoms with Crippen LogP contribution in [0, 0.1) is 6.92 Å². The van der Waals surface area contributed by atoms with E-state index in [1.54, 1.807) is 0 Å². The molecule has 1 saturated carbocycles. The molecule has 0 unspecified atom stereocenters. The zero-order valence-corrected chi connectivity index (χ0v) is 11.7. The summed E-state index contributed by atoms with van der Waals surface area (Å²) in [4.78, 5) is 0. The number of nitrogens with two attached hydrogens (primary N) is 1. The van der Waals surface area contributed by atoms with Crippen LogP contribution in [0.3, 0.4) is 0 Å². The van der Waals surface area contributed by atoms with Gasteiger partial charge in [0.05, 0.1) is 6.61 Å². The number of aryl methyl sites for hydroxylation is 1. The van der Waals surface area contributed by atoms with Crippen LogP contribution in [0.1, 0.15) is 50.2 Å². The fourth-order valence-corrected chi connectivity index (χ4v) is 3.15. The minimum atomic E-state index is 0.148. The maximum absolute atomic E-state index is 6.13. The molecule has 2 N–H and O–H groups in total. The second kappa shape index (κ2) is 5.75. The zero-order chi connectivity index (χ0) is 13.0. The van der Waals surface area contributed by atoms with E-state index in [9.17, 15) is 0 Å². The molecule has 0 bridgehead atoms. The van der Waals surface area contributed by atoms with E-state index in [1.165, 1.54) is 43.2 Å². The molecule has 18 heavy (non-hydrogen) atoms. The molecule has 1 aromatic rings. The quantitative estimate of drug-likeness (QED) is 0.883. The minimum Gasteiger partial charge on any atom is -0.494 e. The number of ether oxygens (including phenoxy) is 1. The van der Waals surface area contributed by atoms with Crippen molar-refractivity contribution in [3.63, 3.8) is 0 Å². The third-order valence-corrected chi connectivity index (χ3v) is 4.21. The molecule has 0 spiro atoms. The lowest BCUT2D eigenvalue weighted by Crippen LogP contribution is -2.37. The summed E-state index contributed by atoms with van der Waals surface area (Å²) in [5, 5.41) is 0. The van der Waals surface area contributed by atoms with Crippen LogP contribution in [-0.2, 0) is 5.41 Å². The molecule has 0 radical (unpaired) electrons. The van der Waals surface area contributed by atoms with Gasteiger partial charge in [-0.25, -0.2) is 0 Å². The Hall–Kier alpha value is -1.02. The zero-order valence-electron chi connectivity index (χ0n) is 11.7. The van der Waals surface area contributed by atoms with Crippen LogP contribution in [0.5, 0.6) is 5.75 Å². The van der Waals surface area contributed by atoms with Gasteiger partial charge in [0, 0.05) is 17.5 Å². The summed E-state index contributed by atoms with van der Waals surface area (Å²) in [7, 11) is 0. The molecule has 1 aliphatic rings. The number of hydrogen-bond acceptors (Lipinski definition) is 2. The Morgan fingerprint density at radius 3 is 2.56 bits per heavy atom. The van der Waals surface area contributed by atoms with Gasteiger partial charge < -0.3 is 10.5 Å². The average molecular weight is 247 g/mol. The lowest BCUT2D eigenvalue weighted by atomic mass is 9.69. The van der Waals surface area contributed by atoms with Crippen molar-refractivity contribution in [1.82, 2.24) is 0 Å². The van der Waals surface area contributed by atoms with Gasteiger partial charge in [-0.05, 0) is 32.8 Å². The second-order valence-electron chi connectivity index (χ2n) is 5.48. The first-order valence-corrected chi connectivity index (χ1v) is 7.16. The Balaban J connectivity index is 2.42. The van der Waals surface area contributed by atoms with Gasteiger partial charge in [-0.3, -0.25) is 0 Å². The van der Waals surface area contributed by atoms with E-state index in [4.69, 9.17) is 10.5 Å². The van der Waals surface area contributed by atoms with Gasteiger partial charge in [-0.15, -0.1) is 0 Å². The first-order valence-electron chi connectivity index (χ1n) is 7.16. The van der Waals surface area contributed by atoms with Crippen molar-refractivity contribution in [2.24, 2.45) is 5.73 Å². The van der Waals surface area contributed by atoms with E-state index in [0.29, 0.717) is 0 Å². The van der Waals surface area contributed by atoms with Crippen LogP contribution in [-0.4, -0.2) is 13.2 Å². The summed E-state index contributed by atoms with van der Waals surface area (Å²) in [5.41, 5.74) is 8.91. The van der Waals surface area contributed by atoms with Crippen LogP contribution in [0.25, 0.3) is 0 Å². The van der Waals surface area contributed by atoms with Gasteiger partial charge in [0.2, 0.25) is 0 Å². The normalized spacial score (nSPS) is 18.6. The number of benzene rings is 1. The summed E-state index contributed by atoms with van der Waals surface area (Å²) in [5.74, 6) is 1.04. The molecule has 2 rings (SSSR count). The van der Waals surface area contributed by atoms with Crippen molar-refractivity contribution in [2.45, 2.75) is 51.4 Å². The molecule has 100 valence electrons. The van der Waals surface area contributed by atoms with E-state index in [-0.39, 0.29) is 5.41 Å². The molecule has 0 atom stereocenters. The highest BCUT2D eigenvalue weighted by Crippen LogP contribution is 2.42. The van der Waals surface area contributed by atoms with Crippen LogP contribution in [0.2, 0.25) is 0 Å². The lowest BCUT2D eigenvalue weighted by molar-refractivity contribution is 0.276. The summed E-state index contributed by atoms with van der Waals surface area (Å²) in [6.07, 6.45) is 6.32. The standard InChI is InChI=1S/C16H25NO/c1-3-18-15-8-7-13(2)11-14(15)16(12-17)9-5-4-6-10-16/h7-8,11H,3-6,9-10,12,17H2,1-2H3. The Morgan fingerprint density at radius 2 is 1.94 bits per heavy atom. The Bertz CT molecular complexity index is 394. The van der Waals surface area contributed by atoms with E-state index in [2.05, 4.69) is 25.1 Å². The van der Waals surface area contributed by atoms with Crippen molar-refractivity contribution in [1.29, 1.82) is 0 Å². The van der Waals surface area contributed by atoms with Gasteiger partial charge in [0.15, 0.2) is 0 Å². The maximum atomic E-state index is 6.13. The molecule has 0 amide bonds. The fourth-order valence-electron chi connectivity index (χ4n) is 3.15. The van der Waals surface area contributed by atoms with Crippen molar-refractivity contribution in [2.75, 3.05) is 13.2 Å². The van der Waals surface area contributed by atoms with Crippen molar-refractivity contribution in [3.05, 3.63) is 29.3 Å². The third kappa shape index (κ3) is 2.54. The molecular formula is C16H25NO. The van der Waals surface area contributed by atoms with Crippen LogP contribution in [0.4, 0.5) is 0 Å². The monoisotopic (exact) mass is 247 g/mol. The molecule has 0 aromatic heterocycles. The number of hydrogen-bond donors (Lipinski definition) is 1. The fraction of sp³-hybridized carbons (Fsp3) is 0.625. The molecule has 1 fully saturated rings. The Morgan fingerprint density at radius 1 is 1.22 bits per heavy atom. The van der Waals surface area contributed by atoms with E-state index in [1.807, 2.05) is 6.92 Å². The highest BCUT2D eigenvalue weighted by atomic mass is 16.5. The van der Waals surface area contributed by atoms with Crippen LogP contribution in [0.15, 0.2) is 18.2 Å². The van der Waals surface area contributed by atoms with Gasteiger partial charge in [-0.2, -0.15) is 0 Å². The van der Waals surface area contributed by atoms with Crippen LogP contribution >= 0.6 is 0 Å². The molecular weight excluding hydrogens is 222 g/mol. The van der Waals surface area contributed by atoms with Gasteiger partial charge in [-0.1, -0.05) is 37.0 Å². The summed E-state index contributed by atoms with van der Waals surface area (Å²) >= 11 is 0. The molecule has 1 aliphatic carbocycles.